The van der Waals surface area contributed by atoms with Crippen LogP contribution in [0, 0.1) is 6.92 Å². The molecule has 10 heteroatoms. The van der Waals surface area contributed by atoms with Crippen LogP contribution >= 0.6 is 35.0 Å². The fourth-order valence-corrected chi connectivity index (χ4v) is 4.32. The second kappa shape index (κ2) is 11.4. The van der Waals surface area contributed by atoms with Crippen molar-refractivity contribution in [3.63, 3.8) is 0 Å². The monoisotopic (exact) mass is 503 g/mol. The van der Waals surface area contributed by atoms with Crippen LogP contribution in [0.3, 0.4) is 0 Å². The van der Waals surface area contributed by atoms with Crippen molar-refractivity contribution in [3.05, 3.63) is 82.1 Å². The van der Waals surface area contributed by atoms with Gasteiger partial charge in [0.1, 0.15) is 0 Å². The second-order valence-electron chi connectivity index (χ2n) is 7.21. The van der Waals surface area contributed by atoms with Crippen molar-refractivity contribution in [2.24, 2.45) is 0 Å². The molecule has 0 saturated carbocycles. The van der Waals surface area contributed by atoms with Crippen molar-refractivity contribution in [3.8, 4) is 0 Å². The summed E-state index contributed by atoms with van der Waals surface area (Å²) in [6.07, 6.45) is 1.70. The SMILES string of the molecule is C=CCn1c(SCC(=O)Nc2ccccc2C)nnc1[C@@H](C)NC(=O)c1ccc(Cl)cc1Cl. The van der Waals surface area contributed by atoms with Gasteiger partial charge in [0.2, 0.25) is 5.91 Å². The first-order valence-corrected chi connectivity index (χ1v) is 11.8. The summed E-state index contributed by atoms with van der Waals surface area (Å²) in [5.41, 5.74) is 2.07. The number of anilines is 1. The van der Waals surface area contributed by atoms with Gasteiger partial charge in [-0.25, -0.2) is 0 Å². The van der Waals surface area contributed by atoms with Gasteiger partial charge in [0.05, 0.1) is 22.4 Å². The average molecular weight is 504 g/mol. The van der Waals surface area contributed by atoms with Crippen molar-refractivity contribution in [2.45, 2.75) is 31.6 Å². The van der Waals surface area contributed by atoms with Crippen LogP contribution in [-0.4, -0.2) is 32.3 Å². The highest BCUT2D eigenvalue weighted by Gasteiger charge is 2.21. The molecular weight excluding hydrogens is 481 g/mol. The summed E-state index contributed by atoms with van der Waals surface area (Å²) in [6, 6.07) is 11.8. The molecule has 0 unspecified atom stereocenters. The van der Waals surface area contributed by atoms with Crippen LogP contribution in [-0.2, 0) is 11.3 Å². The zero-order valence-corrected chi connectivity index (χ0v) is 20.5. The molecule has 1 atom stereocenters. The molecule has 0 spiro atoms. The minimum absolute atomic E-state index is 0.150. The van der Waals surface area contributed by atoms with E-state index in [9.17, 15) is 9.59 Å². The topological polar surface area (TPSA) is 88.9 Å². The summed E-state index contributed by atoms with van der Waals surface area (Å²) in [5.74, 6) is 0.187. The van der Waals surface area contributed by atoms with Crippen LogP contribution in [0.4, 0.5) is 5.69 Å². The van der Waals surface area contributed by atoms with Crippen molar-refractivity contribution < 1.29 is 9.59 Å². The first-order chi connectivity index (χ1) is 15.8. The molecule has 2 amide bonds. The van der Waals surface area contributed by atoms with Gasteiger partial charge >= 0.3 is 0 Å². The lowest BCUT2D eigenvalue weighted by atomic mass is 10.2. The quantitative estimate of drug-likeness (QED) is 0.305. The number of benzene rings is 2. The number of amides is 2. The smallest absolute Gasteiger partial charge is 0.253 e. The Labute approximate surface area is 206 Å². The second-order valence-corrected chi connectivity index (χ2v) is 9.00. The Bertz CT molecular complexity index is 1180. The molecule has 1 aromatic heterocycles. The lowest BCUT2D eigenvalue weighted by Gasteiger charge is -2.16. The number of carbonyl (C=O) groups is 2. The maximum absolute atomic E-state index is 12.7. The zero-order chi connectivity index (χ0) is 24.0. The third-order valence-electron chi connectivity index (χ3n) is 4.72. The van der Waals surface area contributed by atoms with Gasteiger partial charge < -0.3 is 15.2 Å². The summed E-state index contributed by atoms with van der Waals surface area (Å²) >= 11 is 13.3. The minimum atomic E-state index is -0.466. The van der Waals surface area contributed by atoms with E-state index in [1.807, 2.05) is 35.8 Å². The van der Waals surface area contributed by atoms with Gasteiger partial charge in [0.25, 0.3) is 5.91 Å². The highest BCUT2D eigenvalue weighted by molar-refractivity contribution is 7.99. The van der Waals surface area contributed by atoms with E-state index in [2.05, 4.69) is 27.4 Å². The fourth-order valence-electron chi connectivity index (χ4n) is 3.07. The Hall–Kier alpha value is -2.81. The number of hydrogen-bond donors (Lipinski definition) is 2. The molecule has 0 bridgehead atoms. The predicted molar refractivity (Wildman–Crippen MR) is 133 cm³/mol. The van der Waals surface area contributed by atoms with Crippen molar-refractivity contribution >= 4 is 52.5 Å². The maximum Gasteiger partial charge on any atom is 0.253 e. The summed E-state index contributed by atoms with van der Waals surface area (Å²) in [6.45, 7) is 7.94. The molecule has 3 rings (SSSR count). The van der Waals surface area contributed by atoms with Crippen molar-refractivity contribution in [1.82, 2.24) is 20.1 Å². The molecule has 172 valence electrons. The molecule has 7 nitrogen and oxygen atoms in total. The summed E-state index contributed by atoms with van der Waals surface area (Å²) < 4.78 is 1.81. The van der Waals surface area contributed by atoms with E-state index in [-0.39, 0.29) is 22.6 Å². The number of carbonyl (C=O) groups excluding carboxylic acids is 2. The van der Waals surface area contributed by atoms with Crippen LogP contribution in [0.25, 0.3) is 0 Å². The van der Waals surface area contributed by atoms with Crippen LogP contribution in [0.1, 0.15) is 34.7 Å². The van der Waals surface area contributed by atoms with E-state index in [1.54, 1.807) is 25.1 Å². The molecule has 0 aliphatic carbocycles. The van der Waals surface area contributed by atoms with Crippen LogP contribution in [0.2, 0.25) is 10.0 Å². The number of nitrogens with one attached hydrogen (secondary N) is 2. The number of thioether (sulfide) groups is 1. The highest BCUT2D eigenvalue weighted by atomic mass is 35.5. The van der Waals surface area contributed by atoms with Gasteiger partial charge in [-0.05, 0) is 43.7 Å². The van der Waals surface area contributed by atoms with Gasteiger partial charge in [-0.2, -0.15) is 0 Å². The first-order valence-electron chi connectivity index (χ1n) is 10.1. The number of hydrogen-bond acceptors (Lipinski definition) is 5. The molecule has 0 saturated heterocycles. The lowest BCUT2D eigenvalue weighted by molar-refractivity contribution is -0.113. The number of para-hydroxylation sites is 1. The molecule has 2 aromatic carbocycles. The molecule has 0 radical (unpaired) electrons. The standard InChI is InChI=1S/C23H23Cl2N5O2S/c1-4-11-30-21(15(3)26-22(32)17-10-9-16(24)12-18(17)25)28-29-23(30)33-13-20(31)27-19-8-6-5-7-14(19)2/h4-10,12,15H,1,11,13H2,2-3H3,(H,26,32)(H,27,31)/t15-/m1/s1. The van der Waals surface area contributed by atoms with Crippen LogP contribution in [0.15, 0.2) is 60.3 Å². The number of nitrogens with zero attached hydrogens (tertiary/aromatic N) is 3. The van der Waals surface area contributed by atoms with Gasteiger partial charge in [-0.1, -0.05) is 59.2 Å². The van der Waals surface area contributed by atoms with Crippen molar-refractivity contribution in [2.75, 3.05) is 11.1 Å². The summed E-state index contributed by atoms with van der Waals surface area (Å²) in [4.78, 5) is 25.1. The van der Waals surface area contributed by atoms with Crippen LogP contribution in [0.5, 0.6) is 0 Å². The number of rotatable bonds is 9. The van der Waals surface area contributed by atoms with E-state index < -0.39 is 6.04 Å². The maximum atomic E-state index is 12.7. The Balaban J connectivity index is 1.69. The Kier molecular flexibility index (Phi) is 8.55. The molecule has 1 heterocycles. The molecule has 33 heavy (non-hydrogen) atoms. The van der Waals surface area contributed by atoms with Gasteiger partial charge in [0, 0.05) is 17.3 Å². The summed E-state index contributed by atoms with van der Waals surface area (Å²) in [7, 11) is 0. The molecular formula is C23H23Cl2N5O2S. The largest absolute Gasteiger partial charge is 0.342 e. The first kappa shape index (κ1) is 24.8. The van der Waals surface area contributed by atoms with E-state index >= 15 is 0 Å². The predicted octanol–water partition coefficient (Wildman–Crippen LogP) is 5.30. The molecule has 0 aliphatic rings. The van der Waals surface area contributed by atoms with E-state index in [1.165, 1.54) is 17.8 Å². The highest BCUT2D eigenvalue weighted by Crippen LogP contribution is 2.24. The fraction of sp³-hybridized carbons (Fsp3) is 0.217. The Morgan fingerprint density at radius 1 is 1.21 bits per heavy atom. The molecule has 2 N–H and O–H groups in total. The van der Waals surface area contributed by atoms with Gasteiger partial charge in [-0.3, -0.25) is 9.59 Å². The van der Waals surface area contributed by atoms with Gasteiger partial charge in [0.15, 0.2) is 11.0 Å². The van der Waals surface area contributed by atoms with E-state index in [0.29, 0.717) is 28.1 Å². The number of halogens is 2. The van der Waals surface area contributed by atoms with Gasteiger partial charge in [-0.15, -0.1) is 16.8 Å². The summed E-state index contributed by atoms with van der Waals surface area (Å²) in [5, 5.41) is 15.5. The molecule has 0 fully saturated rings. The third-order valence-corrected chi connectivity index (χ3v) is 6.23. The Morgan fingerprint density at radius 2 is 1.97 bits per heavy atom. The molecule has 3 aromatic rings. The minimum Gasteiger partial charge on any atom is -0.342 e. The Morgan fingerprint density at radius 3 is 2.67 bits per heavy atom. The number of allylic oxidation sites excluding steroid dienone is 1. The number of aryl methyl sites for hydroxylation is 1. The van der Waals surface area contributed by atoms with E-state index in [0.717, 1.165) is 11.3 Å². The zero-order valence-electron chi connectivity index (χ0n) is 18.1. The third kappa shape index (κ3) is 6.37. The van der Waals surface area contributed by atoms with Crippen LogP contribution < -0.4 is 10.6 Å². The lowest BCUT2D eigenvalue weighted by Crippen LogP contribution is -2.29. The molecule has 0 aliphatic heterocycles. The van der Waals surface area contributed by atoms with E-state index in [4.69, 9.17) is 23.2 Å². The average Bonchev–Trinajstić information content (AvgIpc) is 3.17. The van der Waals surface area contributed by atoms with Crippen molar-refractivity contribution in [1.29, 1.82) is 0 Å². The number of aromatic nitrogens is 3. The normalized spacial score (nSPS) is 11.6.